The van der Waals surface area contributed by atoms with E-state index in [2.05, 4.69) is 22.1 Å². The average molecular weight is 339 g/mol. The molecular formula is C15H25N5O4+2. The molecule has 132 valence electrons. The normalized spacial score (nSPS) is 13.0. The minimum atomic E-state index is -0.732. The molecule has 0 fully saturated rings. The van der Waals surface area contributed by atoms with E-state index in [1.807, 2.05) is 0 Å². The van der Waals surface area contributed by atoms with E-state index in [-0.39, 0.29) is 11.6 Å². The van der Waals surface area contributed by atoms with Gasteiger partial charge in [-0.1, -0.05) is 0 Å². The molecule has 8 N–H and O–H groups in total. The fraction of sp³-hybridized carbons (Fsp3) is 0.467. The minimum absolute atomic E-state index is 0.0588. The van der Waals surface area contributed by atoms with Crippen LogP contribution >= 0.6 is 0 Å². The Labute approximate surface area is 139 Å². The van der Waals surface area contributed by atoms with Crippen molar-refractivity contribution in [3.8, 4) is 0 Å². The summed E-state index contributed by atoms with van der Waals surface area (Å²) in [5.41, 5.74) is 7.91. The molecule has 0 aliphatic rings. The molecule has 0 unspecified atom stereocenters. The van der Waals surface area contributed by atoms with Crippen LogP contribution in [0.5, 0.6) is 0 Å². The average Bonchev–Trinajstić information content (AvgIpc) is 2.55. The minimum Gasteiger partial charge on any atom is -0.358 e. The third-order valence-electron chi connectivity index (χ3n) is 3.52. The van der Waals surface area contributed by atoms with Gasteiger partial charge in [-0.15, -0.1) is 0 Å². The van der Waals surface area contributed by atoms with E-state index in [9.17, 15) is 19.7 Å². The Morgan fingerprint density at radius 3 is 2.38 bits per heavy atom. The van der Waals surface area contributed by atoms with Crippen LogP contribution in [0.2, 0.25) is 0 Å². The third kappa shape index (κ3) is 6.31. The molecule has 0 heterocycles. The van der Waals surface area contributed by atoms with Gasteiger partial charge in [0.15, 0.2) is 6.04 Å². The topological polar surface area (TPSA) is 157 Å². The number of hydrogen-bond donors (Lipinski definition) is 4. The number of unbranched alkanes of at least 4 members (excludes halogenated alkanes) is 1. The molecule has 0 saturated carbocycles. The summed E-state index contributed by atoms with van der Waals surface area (Å²) < 4.78 is 0. The fourth-order valence-corrected chi connectivity index (χ4v) is 2.01. The highest BCUT2D eigenvalue weighted by Gasteiger charge is 2.22. The maximum atomic E-state index is 12.1. The Hall–Kier alpha value is -2.52. The first kappa shape index (κ1) is 19.5. The number of benzene rings is 1. The number of nitro groups is 1. The van der Waals surface area contributed by atoms with Crippen molar-refractivity contribution in [3.63, 3.8) is 0 Å². The quantitative estimate of drug-likeness (QED) is 0.260. The number of anilines is 1. The molecule has 1 aromatic rings. The van der Waals surface area contributed by atoms with Gasteiger partial charge in [-0.05, 0) is 31.9 Å². The zero-order valence-electron chi connectivity index (χ0n) is 13.8. The summed E-state index contributed by atoms with van der Waals surface area (Å²) in [7, 11) is 0. The van der Waals surface area contributed by atoms with E-state index in [0.29, 0.717) is 12.1 Å². The van der Waals surface area contributed by atoms with E-state index in [4.69, 9.17) is 0 Å². The van der Waals surface area contributed by atoms with E-state index in [1.54, 1.807) is 6.92 Å². The highest BCUT2D eigenvalue weighted by atomic mass is 16.6. The first-order chi connectivity index (χ1) is 11.3. The first-order valence-electron chi connectivity index (χ1n) is 7.83. The van der Waals surface area contributed by atoms with Gasteiger partial charge < -0.3 is 22.1 Å². The van der Waals surface area contributed by atoms with Crippen molar-refractivity contribution in [1.29, 1.82) is 0 Å². The van der Waals surface area contributed by atoms with Gasteiger partial charge in [0.1, 0.15) is 6.04 Å². The number of nitrogens with one attached hydrogen (secondary N) is 2. The van der Waals surface area contributed by atoms with Crippen LogP contribution in [0, 0.1) is 10.1 Å². The number of carbonyl (C=O) groups is 2. The van der Waals surface area contributed by atoms with Gasteiger partial charge in [0.05, 0.1) is 11.5 Å². The summed E-state index contributed by atoms with van der Waals surface area (Å²) in [6.45, 7) is 2.39. The van der Waals surface area contributed by atoms with Gasteiger partial charge in [0.25, 0.3) is 11.6 Å². The van der Waals surface area contributed by atoms with Crippen molar-refractivity contribution in [2.24, 2.45) is 0 Å². The van der Waals surface area contributed by atoms with Crippen LogP contribution in [0.3, 0.4) is 0 Å². The Balaban J connectivity index is 2.49. The Morgan fingerprint density at radius 1 is 1.21 bits per heavy atom. The van der Waals surface area contributed by atoms with Crippen molar-refractivity contribution in [1.82, 2.24) is 5.32 Å². The summed E-state index contributed by atoms with van der Waals surface area (Å²) in [6.07, 6.45) is 2.46. The molecule has 2 amide bonds. The predicted octanol–water partition coefficient (Wildman–Crippen LogP) is -0.939. The summed E-state index contributed by atoms with van der Waals surface area (Å²) >= 11 is 0. The maximum absolute atomic E-state index is 12.1. The lowest BCUT2D eigenvalue weighted by Crippen LogP contribution is -2.68. The van der Waals surface area contributed by atoms with Crippen molar-refractivity contribution in [2.45, 2.75) is 38.3 Å². The number of nitro benzene ring substituents is 1. The van der Waals surface area contributed by atoms with Crippen LogP contribution in [0.1, 0.15) is 26.2 Å². The summed E-state index contributed by atoms with van der Waals surface area (Å²) in [4.78, 5) is 34.1. The van der Waals surface area contributed by atoms with E-state index in [0.717, 1.165) is 19.4 Å². The number of nitrogens with zero attached hydrogens (tertiary/aromatic N) is 1. The zero-order valence-corrected chi connectivity index (χ0v) is 13.8. The molecule has 1 rings (SSSR count). The number of rotatable bonds is 9. The van der Waals surface area contributed by atoms with Crippen LogP contribution in [-0.2, 0) is 9.59 Å². The predicted molar refractivity (Wildman–Crippen MR) is 87.6 cm³/mol. The Bertz CT molecular complexity index is 576. The molecule has 0 spiro atoms. The molecule has 0 saturated heterocycles. The van der Waals surface area contributed by atoms with E-state index in [1.165, 1.54) is 24.3 Å². The highest BCUT2D eigenvalue weighted by molar-refractivity contribution is 5.97. The second-order valence-corrected chi connectivity index (χ2v) is 5.57. The van der Waals surface area contributed by atoms with Crippen LogP contribution < -0.4 is 22.1 Å². The number of quaternary nitrogens is 2. The summed E-state index contributed by atoms with van der Waals surface area (Å²) in [6, 6.07) is 4.33. The SMILES string of the molecule is C[C@H](NC(=O)[C@@H]([NH3+])CCCC[NH3+])C(=O)Nc1ccc([N+](=O)[O-])cc1. The van der Waals surface area contributed by atoms with Gasteiger partial charge in [0, 0.05) is 24.2 Å². The second kappa shape index (κ2) is 9.58. The van der Waals surface area contributed by atoms with E-state index >= 15 is 0 Å². The van der Waals surface area contributed by atoms with Crippen LogP contribution in [0.4, 0.5) is 11.4 Å². The van der Waals surface area contributed by atoms with Gasteiger partial charge >= 0.3 is 0 Å². The van der Waals surface area contributed by atoms with Gasteiger partial charge in [-0.25, -0.2) is 0 Å². The van der Waals surface area contributed by atoms with Gasteiger partial charge in [0.2, 0.25) is 5.91 Å². The fourth-order valence-electron chi connectivity index (χ4n) is 2.01. The number of non-ortho nitro benzene ring substituents is 1. The van der Waals surface area contributed by atoms with Gasteiger partial charge in [-0.3, -0.25) is 19.7 Å². The molecular weight excluding hydrogens is 314 g/mol. The lowest BCUT2D eigenvalue weighted by Gasteiger charge is -2.15. The molecule has 0 aromatic heterocycles. The molecule has 24 heavy (non-hydrogen) atoms. The molecule has 9 heteroatoms. The maximum Gasteiger partial charge on any atom is 0.278 e. The molecule has 2 atom stereocenters. The number of carbonyl (C=O) groups excluding carboxylic acids is 2. The zero-order chi connectivity index (χ0) is 18.1. The smallest absolute Gasteiger partial charge is 0.278 e. The largest absolute Gasteiger partial charge is 0.358 e. The Kier molecular flexibility index (Phi) is 7.80. The second-order valence-electron chi connectivity index (χ2n) is 5.57. The standard InChI is InChI=1S/C15H23N5O4/c1-10(18-15(22)13(17)4-2-3-9-16)14(21)19-11-5-7-12(8-6-11)20(23)24/h5-8,10,13H,2-4,9,16-17H2,1H3,(H,18,22)(H,19,21)/p+2/t10-,13-/m0/s1. The summed E-state index contributed by atoms with van der Waals surface area (Å²) in [5, 5.41) is 15.8. The van der Waals surface area contributed by atoms with Gasteiger partial charge in [-0.2, -0.15) is 0 Å². The van der Waals surface area contributed by atoms with E-state index < -0.39 is 22.9 Å². The molecule has 0 aliphatic heterocycles. The molecule has 0 radical (unpaired) electrons. The summed E-state index contributed by atoms with van der Waals surface area (Å²) in [5.74, 6) is -0.674. The van der Waals surface area contributed by atoms with Crippen LogP contribution in [0.25, 0.3) is 0 Å². The molecule has 0 aliphatic carbocycles. The lowest BCUT2D eigenvalue weighted by atomic mass is 10.1. The van der Waals surface area contributed by atoms with Crippen LogP contribution in [0.15, 0.2) is 24.3 Å². The molecule has 1 aromatic carbocycles. The number of hydrogen-bond acceptors (Lipinski definition) is 4. The molecule has 0 bridgehead atoms. The molecule has 9 nitrogen and oxygen atoms in total. The monoisotopic (exact) mass is 339 g/mol. The third-order valence-corrected chi connectivity index (χ3v) is 3.52. The van der Waals surface area contributed by atoms with Crippen molar-refractivity contribution in [2.75, 3.05) is 11.9 Å². The number of amides is 2. The lowest BCUT2D eigenvalue weighted by molar-refractivity contribution is -0.406. The van der Waals surface area contributed by atoms with Crippen molar-refractivity contribution in [3.05, 3.63) is 34.4 Å². The van der Waals surface area contributed by atoms with Crippen molar-refractivity contribution >= 4 is 23.2 Å². The first-order valence-corrected chi connectivity index (χ1v) is 7.83. The van der Waals surface area contributed by atoms with Crippen molar-refractivity contribution < 1.29 is 26.0 Å². The Morgan fingerprint density at radius 2 is 1.83 bits per heavy atom. The highest BCUT2D eigenvalue weighted by Crippen LogP contribution is 2.15. The van der Waals surface area contributed by atoms with Crippen LogP contribution in [-0.4, -0.2) is 35.4 Å².